The molecule has 24 heavy (non-hydrogen) atoms. The lowest BCUT2D eigenvalue weighted by Gasteiger charge is -2.06. The molecule has 130 valence electrons. The molecule has 0 radical (unpaired) electrons. The van der Waals surface area contributed by atoms with Crippen LogP contribution in [0, 0.1) is 5.82 Å². The van der Waals surface area contributed by atoms with E-state index >= 15 is 0 Å². The number of ether oxygens (including phenoxy) is 1. The fourth-order valence-electron chi connectivity index (χ4n) is 1.83. The van der Waals surface area contributed by atoms with Gasteiger partial charge in [-0.15, -0.1) is 11.3 Å². The van der Waals surface area contributed by atoms with Gasteiger partial charge in [0.15, 0.2) is 18.2 Å². The Bertz CT molecular complexity index is 836. The maximum atomic E-state index is 13.6. The van der Waals surface area contributed by atoms with E-state index in [1.54, 1.807) is 18.2 Å². The Morgan fingerprint density at radius 3 is 2.75 bits per heavy atom. The number of benzene rings is 1. The molecule has 1 N–H and O–H groups in total. The lowest BCUT2D eigenvalue weighted by Crippen LogP contribution is -2.24. The highest BCUT2D eigenvalue weighted by Gasteiger charge is 2.12. The molecule has 0 aliphatic rings. The van der Waals surface area contributed by atoms with Gasteiger partial charge < -0.3 is 4.74 Å². The first-order valence-electron chi connectivity index (χ1n) is 6.89. The van der Waals surface area contributed by atoms with Gasteiger partial charge in [0.25, 0.3) is 0 Å². The second-order valence-electron chi connectivity index (χ2n) is 4.97. The fraction of sp³-hybridized carbons (Fsp3) is 0.267. The van der Waals surface area contributed by atoms with Crippen molar-refractivity contribution < 1.29 is 22.3 Å². The fourth-order valence-corrected chi connectivity index (χ4v) is 3.57. The zero-order chi connectivity index (χ0) is 17.7. The van der Waals surface area contributed by atoms with Crippen LogP contribution in [0.2, 0.25) is 0 Å². The van der Waals surface area contributed by atoms with Crippen molar-refractivity contribution in [2.75, 3.05) is 19.4 Å². The van der Waals surface area contributed by atoms with Crippen LogP contribution in [0.1, 0.15) is 14.5 Å². The van der Waals surface area contributed by atoms with Gasteiger partial charge in [-0.1, -0.05) is 15.9 Å². The lowest BCUT2D eigenvalue weighted by atomic mass is 10.3. The molecule has 5 nitrogen and oxygen atoms in total. The maximum absolute atomic E-state index is 13.6. The number of ketones is 1. The van der Waals surface area contributed by atoms with Gasteiger partial charge in [-0.2, -0.15) is 0 Å². The number of hydrogen-bond acceptors (Lipinski definition) is 5. The van der Waals surface area contributed by atoms with Crippen molar-refractivity contribution in [2.24, 2.45) is 0 Å². The van der Waals surface area contributed by atoms with Gasteiger partial charge in [-0.3, -0.25) is 4.79 Å². The van der Waals surface area contributed by atoms with Crippen molar-refractivity contribution in [3.05, 3.63) is 50.4 Å². The highest BCUT2D eigenvalue weighted by atomic mass is 79.9. The van der Waals surface area contributed by atoms with Crippen LogP contribution in [0.4, 0.5) is 4.39 Å². The SMILES string of the molecule is CS(=O)(=O)NCCc1ccc(C(=O)COc2ccc(Br)cc2F)s1. The molecule has 9 heteroatoms. The summed E-state index contributed by atoms with van der Waals surface area (Å²) in [5.74, 6) is -0.791. The second-order valence-corrected chi connectivity index (χ2v) is 8.89. The minimum absolute atomic E-state index is 0.0145. The molecule has 1 heterocycles. The van der Waals surface area contributed by atoms with E-state index in [-0.39, 0.29) is 24.7 Å². The first-order chi connectivity index (χ1) is 11.2. The standard InChI is InChI=1S/C15H15BrFNO4S2/c1-24(20,21)18-7-6-11-3-5-15(23-11)13(19)9-22-14-4-2-10(16)8-12(14)17/h2-5,8,18H,6-7,9H2,1H3. The minimum atomic E-state index is -3.22. The van der Waals surface area contributed by atoms with Gasteiger partial charge in [0, 0.05) is 15.9 Å². The molecule has 0 atom stereocenters. The molecule has 0 aliphatic heterocycles. The molecule has 1 aromatic carbocycles. The van der Waals surface area contributed by atoms with Gasteiger partial charge in [-0.05, 0) is 36.8 Å². The largest absolute Gasteiger partial charge is 0.482 e. The van der Waals surface area contributed by atoms with E-state index in [0.29, 0.717) is 15.8 Å². The van der Waals surface area contributed by atoms with Crippen LogP contribution >= 0.6 is 27.3 Å². The molecule has 0 unspecified atom stereocenters. The van der Waals surface area contributed by atoms with Crippen LogP contribution < -0.4 is 9.46 Å². The Kier molecular flexibility index (Phi) is 6.50. The molecular weight excluding hydrogens is 421 g/mol. The Labute approximate surface area is 152 Å². The van der Waals surface area contributed by atoms with E-state index < -0.39 is 15.8 Å². The number of thiophene rings is 1. The monoisotopic (exact) mass is 435 g/mol. The molecule has 0 aliphatic carbocycles. The predicted octanol–water partition coefficient (Wildman–Crippen LogP) is 3.00. The van der Waals surface area contributed by atoms with Crippen molar-refractivity contribution in [2.45, 2.75) is 6.42 Å². The van der Waals surface area contributed by atoms with Crippen molar-refractivity contribution >= 4 is 43.1 Å². The molecule has 0 saturated heterocycles. The number of Topliss-reactive ketones (excluding diaryl/α,β-unsaturated/α-hetero) is 1. The zero-order valence-corrected chi connectivity index (χ0v) is 15.9. The van der Waals surface area contributed by atoms with E-state index in [1.807, 2.05) is 0 Å². The van der Waals surface area contributed by atoms with E-state index in [4.69, 9.17) is 4.74 Å². The second kappa shape index (κ2) is 8.19. The molecule has 0 fully saturated rings. The van der Waals surface area contributed by atoms with Crippen LogP contribution in [0.25, 0.3) is 0 Å². The molecule has 0 bridgehead atoms. The number of halogens is 2. The van der Waals surface area contributed by atoms with Crippen molar-refractivity contribution in [1.29, 1.82) is 0 Å². The normalized spacial score (nSPS) is 11.5. The van der Waals surface area contributed by atoms with Gasteiger partial charge in [0.1, 0.15) is 0 Å². The third-order valence-corrected chi connectivity index (χ3v) is 5.33. The molecule has 2 rings (SSSR count). The van der Waals surface area contributed by atoms with Crippen LogP contribution in [0.3, 0.4) is 0 Å². The summed E-state index contributed by atoms with van der Waals surface area (Å²) in [6.07, 6.45) is 1.59. The molecule has 0 spiro atoms. The third-order valence-electron chi connectivity index (χ3n) is 2.92. The maximum Gasteiger partial charge on any atom is 0.210 e. The molecule has 1 aromatic heterocycles. The lowest BCUT2D eigenvalue weighted by molar-refractivity contribution is 0.0923. The van der Waals surface area contributed by atoms with E-state index in [2.05, 4.69) is 20.7 Å². The topological polar surface area (TPSA) is 72.5 Å². The summed E-state index contributed by atoms with van der Waals surface area (Å²) in [6.45, 7) is 0.00762. The summed E-state index contributed by atoms with van der Waals surface area (Å²) in [5, 5.41) is 0. The van der Waals surface area contributed by atoms with Crippen LogP contribution in [0.15, 0.2) is 34.8 Å². The molecule has 0 saturated carbocycles. The number of sulfonamides is 1. The smallest absolute Gasteiger partial charge is 0.210 e. The van der Waals surface area contributed by atoms with E-state index in [9.17, 15) is 17.6 Å². The van der Waals surface area contributed by atoms with Crippen LogP contribution in [-0.4, -0.2) is 33.6 Å². The van der Waals surface area contributed by atoms with Crippen molar-refractivity contribution in [3.8, 4) is 5.75 Å². The van der Waals surface area contributed by atoms with Crippen LogP contribution in [0.5, 0.6) is 5.75 Å². The summed E-state index contributed by atoms with van der Waals surface area (Å²) in [5.41, 5.74) is 0. The highest BCUT2D eigenvalue weighted by Crippen LogP contribution is 2.22. The van der Waals surface area contributed by atoms with Gasteiger partial charge in [0.05, 0.1) is 11.1 Å². The number of carbonyl (C=O) groups excluding carboxylic acids is 1. The summed E-state index contributed by atoms with van der Waals surface area (Å²) in [6, 6.07) is 7.76. The molecule has 2 aromatic rings. The summed E-state index contributed by atoms with van der Waals surface area (Å²) in [4.78, 5) is 13.5. The van der Waals surface area contributed by atoms with Gasteiger partial charge in [0.2, 0.25) is 15.8 Å². The number of rotatable bonds is 8. The summed E-state index contributed by atoms with van der Waals surface area (Å²) in [7, 11) is -3.22. The first-order valence-corrected chi connectivity index (χ1v) is 10.4. The molecular formula is C15H15BrFNO4S2. The number of hydrogen-bond donors (Lipinski definition) is 1. The van der Waals surface area contributed by atoms with E-state index in [0.717, 1.165) is 11.1 Å². The Hall–Kier alpha value is -1.29. The number of nitrogens with one attached hydrogen (secondary N) is 1. The van der Waals surface area contributed by atoms with Gasteiger partial charge >= 0.3 is 0 Å². The van der Waals surface area contributed by atoms with Gasteiger partial charge in [-0.25, -0.2) is 17.5 Å². The highest BCUT2D eigenvalue weighted by molar-refractivity contribution is 9.10. The van der Waals surface area contributed by atoms with Crippen LogP contribution in [-0.2, 0) is 16.4 Å². The summed E-state index contributed by atoms with van der Waals surface area (Å²) < 4.78 is 43.8. The summed E-state index contributed by atoms with van der Waals surface area (Å²) >= 11 is 4.41. The zero-order valence-electron chi connectivity index (χ0n) is 12.7. The Morgan fingerprint density at radius 2 is 2.08 bits per heavy atom. The average molecular weight is 436 g/mol. The minimum Gasteiger partial charge on any atom is -0.482 e. The van der Waals surface area contributed by atoms with Crippen molar-refractivity contribution in [1.82, 2.24) is 4.72 Å². The molecule has 0 amide bonds. The third kappa shape index (κ3) is 5.97. The number of carbonyl (C=O) groups is 1. The first kappa shape index (κ1) is 19.0. The quantitative estimate of drug-likeness (QED) is 0.646. The van der Waals surface area contributed by atoms with E-state index in [1.165, 1.54) is 23.5 Å². The Balaban J connectivity index is 1.89. The Morgan fingerprint density at radius 1 is 1.33 bits per heavy atom. The predicted molar refractivity (Wildman–Crippen MR) is 94.8 cm³/mol. The average Bonchev–Trinajstić information content (AvgIpc) is 2.93. The van der Waals surface area contributed by atoms with Crippen molar-refractivity contribution in [3.63, 3.8) is 0 Å².